The summed E-state index contributed by atoms with van der Waals surface area (Å²) in [4.78, 5) is 25.4. The maximum Gasteiger partial charge on any atom is 0.276 e. The zero-order valence-electron chi connectivity index (χ0n) is 10.6. The Hall–Kier alpha value is -2.24. The maximum atomic E-state index is 12.7. The zero-order chi connectivity index (χ0) is 14.1. The summed E-state index contributed by atoms with van der Waals surface area (Å²) in [5, 5.41) is 7.61. The Labute approximate surface area is 125 Å². The van der Waals surface area contributed by atoms with Crippen molar-refractivity contribution in [3.05, 3.63) is 61.8 Å². The second kappa shape index (κ2) is 3.69. The molecule has 1 aromatic carbocycles. The lowest BCUT2D eigenvalue weighted by molar-refractivity contribution is 1.10. The summed E-state index contributed by atoms with van der Waals surface area (Å²) in [5.74, 6) is 0. The van der Waals surface area contributed by atoms with Crippen molar-refractivity contribution in [3.63, 3.8) is 0 Å². The van der Waals surface area contributed by atoms with Gasteiger partial charge in [-0.2, -0.15) is 0 Å². The Kier molecular flexibility index (Phi) is 2.01. The highest BCUT2D eigenvalue weighted by molar-refractivity contribution is 7.17. The molecular formula is C16H7NO2S2. The van der Waals surface area contributed by atoms with Gasteiger partial charge in [-0.05, 0) is 22.9 Å². The molecule has 0 bridgehead atoms. The third-order valence-electron chi connectivity index (χ3n) is 3.97. The van der Waals surface area contributed by atoms with Crippen molar-refractivity contribution in [3.8, 4) is 0 Å². The second-order valence-electron chi connectivity index (χ2n) is 4.97. The van der Waals surface area contributed by atoms with Crippen LogP contribution in [0, 0.1) is 0 Å². The number of benzene rings is 1. The van der Waals surface area contributed by atoms with Gasteiger partial charge in [0, 0.05) is 21.5 Å². The fourth-order valence-electron chi connectivity index (χ4n) is 3.09. The molecule has 0 aliphatic heterocycles. The molecule has 4 heterocycles. The summed E-state index contributed by atoms with van der Waals surface area (Å²) in [6, 6.07) is 9.86. The highest BCUT2D eigenvalue weighted by Crippen LogP contribution is 2.32. The molecule has 5 rings (SSSR count). The molecule has 3 nitrogen and oxygen atoms in total. The Morgan fingerprint density at radius 2 is 1.24 bits per heavy atom. The third-order valence-corrected chi connectivity index (χ3v) is 5.77. The minimum atomic E-state index is -0.205. The number of rotatable bonds is 0. The van der Waals surface area contributed by atoms with E-state index < -0.39 is 0 Å². The van der Waals surface area contributed by atoms with E-state index in [4.69, 9.17) is 0 Å². The first-order valence-corrected chi connectivity index (χ1v) is 8.21. The van der Waals surface area contributed by atoms with Crippen LogP contribution in [0.3, 0.4) is 0 Å². The van der Waals surface area contributed by atoms with Crippen molar-refractivity contribution >= 4 is 59.1 Å². The van der Waals surface area contributed by atoms with E-state index in [1.165, 1.54) is 27.1 Å². The van der Waals surface area contributed by atoms with Crippen molar-refractivity contribution < 1.29 is 0 Å². The highest BCUT2D eigenvalue weighted by atomic mass is 32.1. The third kappa shape index (κ3) is 1.24. The first-order chi connectivity index (χ1) is 10.3. The summed E-state index contributed by atoms with van der Waals surface area (Å²) >= 11 is 2.78. The van der Waals surface area contributed by atoms with Gasteiger partial charge < -0.3 is 0 Å². The van der Waals surface area contributed by atoms with Gasteiger partial charge in [0.2, 0.25) is 0 Å². The summed E-state index contributed by atoms with van der Waals surface area (Å²) in [7, 11) is 0. The molecule has 0 saturated carbocycles. The van der Waals surface area contributed by atoms with Gasteiger partial charge in [0.25, 0.3) is 11.1 Å². The van der Waals surface area contributed by atoms with Crippen LogP contribution in [-0.4, -0.2) is 4.40 Å². The van der Waals surface area contributed by atoms with Crippen LogP contribution in [0.1, 0.15) is 0 Å². The van der Waals surface area contributed by atoms with Crippen LogP contribution in [0.25, 0.3) is 36.5 Å². The molecule has 21 heavy (non-hydrogen) atoms. The average molecular weight is 309 g/mol. The lowest BCUT2D eigenvalue weighted by atomic mass is 10.1. The molecule has 5 aromatic rings. The topological polar surface area (TPSA) is 38.5 Å². The molecule has 0 amide bonds. The second-order valence-corrected chi connectivity index (χ2v) is 6.81. The van der Waals surface area contributed by atoms with E-state index in [2.05, 4.69) is 0 Å². The molecule has 0 radical (unpaired) electrons. The van der Waals surface area contributed by atoms with Gasteiger partial charge in [-0.15, -0.1) is 22.7 Å². The zero-order valence-corrected chi connectivity index (χ0v) is 12.3. The van der Waals surface area contributed by atoms with E-state index in [1.54, 1.807) is 0 Å². The molecular weight excluding hydrogens is 302 g/mol. The number of thiophene rings is 2. The molecule has 0 saturated heterocycles. The molecule has 0 atom stereocenters. The number of fused-ring (bicyclic) bond motifs is 4. The van der Waals surface area contributed by atoms with Crippen LogP contribution in [-0.2, 0) is 0 Å². The van der Waals surface area contributed by atoms with Gasteiger partial charge >= 0.3 is 0 Å². The molecule has 100 valence electrons. The van der Waals surface area contributed by atoms with Gasteiger partial charge in [0.1, 0.15) is 9.40 Å². The summed E-state index contributed by atoms with van der Waals surface area (Å²) in [6.45, 7) is 0. The van der Waals surface area contributed by atoms with E-state index in [1.807, 2.05) is 41.1 Å². The molecule has 0 fully saturated rings. The Balaban J connectivity index is 2.38. The molecule has 5 heteroatoms. The van der Waals surface area contributed by atoms with Gasteiger partial charge in [-0.3, -0.25) is 9.59 Å². The van der Waals surface area contributed by atoms with Gasteiger partial charge in [0.05, 0.1) is 5.52 Å². The SMILES string of the molecule is O=c1c2sccc2c2cccc3c4ccsc4c(=O)n1c23. The minimum absolute atomic E-state index is 0.205. The molecule has 0 unspecified atom stereocenters. The number of nitrogens with zero attached hydrogens (tertiary/aromatic N) is 1. The van der Waals surface area contributed by atoms with Gasteiger partial charge in [0.15, 0.2) is 0 Å². The normalized spacial score (nSPS) is 12.2. The van der Waals surface area contributed by atoms with Crippen molar-refractivity contribution in [2.75, 3.05) is 0 Å². The fourth-order valence-corrected chi connectivity index (χ4v) is 4.77. The monoisotopic (exact) mass is 309 g/mol. The van der Waals surface area contributed by atoms with Crippen LogP contribution >= 0.6 is 22.7 Å². The molecule has 0 spiro atoms. The molecule has 0 N–H and O–H groups in total. The van der Waals surface area contributed by atoms with Crippen molar-refractivity contribution in [2.45, 2.75) is 0 Å². The van der Waals surface area contributed by atoms with Crippen LogP contribution in [0.4, 0.5) is 0 Å². The average Bonchev–Trinajstić information content (AvgIpc) is 3.16. The van der Waals surface area contributed by atoms with Gasteiger partial charge in [-0.25, -0.2) is 4.40 Å². The van der Waals surface area contributed by atoms with E-state index in [0.717, 1.165) is 27.1 Å². The predicted octanol–water partition coefficient (Wildman–Crippen LogP) is 3.68. The standard InChI is InChI=1S/C16H7NO2S2/c18-15-13-10(4-6-20-13)8-2-1-3-9-11-5-7-21-14(11)16(19)17(15)12(8)9/h1-7H. The van der Waals surface area contributed by atoms with Gasteiger partial charge in [-0.1, -0.05) is 18.2 Å². The Bertz CT molecular complexity index is 1180. The first-order valence-electron chi connectivity index (χ1n) is 6.45. The Morgan fingerprint density at radius 1 is 0.714 bits per heavy atom. The Morgan fingerprint density at radius 3 is 1.76 bits per heavy atom. The largest absolute Gasteiger partial charge is 0.276 e. The van der Waals surface area contributed by atoms with Crippen molar-refractivity contribution in [1.82, 2.24) is 4.40 Å². The number of aromatic nitrogens is 1. The van der Waals surface area contributed by atoms with Crippen molar-refractivity contribution in [1.29, 1.82) is 0 Å². The van der Waals surface area contributed by atoms with Crippen LogP contribution in [0.2, 0.25) is 0 Å². The quantitative estimate of drug-likeness (QED) is 0.438. The summed E-state index contributed by atoms with van der Waals surface area (Å²) in [5.41, 5.74) is 0.331. The van der Waals surface area contributed by atoms with E-state index in [0.29, 0.717) is 9.40 Å². The fraction of sp³-hybridized carbons (Fsp3) is 0. The van der Waals surface area contributed by atoms with Crippen LogP contribution in [0.15, 0.2) is 50.7 Å². The lowest BCUT2D eigenvalue weighted by Gasteiger charge is -2.08. The first kappa shape index (κ1) is 11.4. The van der Waals surface area contributed by atoms with E-state index in [9.17, 15) is 9.59 Å². The van der Waals surface area contributed by atoms with E-state index in [-0.39, 0.29) is 11.1 Å². The minimum Gasteiger partial charge on any atom is -0.267 e. The summed E-state index contributed by atoms with van der Waals surface area (Å²) in [6.07, 6.45) is 0. The lowest BCUT2D eigenvalue weighted by Crippen LogP contribution is -2.26. The summed E-state index contributed by atoms with van der Waals surface area (Å²) < 4.78 is 2.64. The molecule has 0 aliphatic rings. The van der Waals surface area contributed by atoms with Crippen molar-refractivity contribution in [2.24, 2.45) is 0 Å². The van der Waals surface area contributed by atoms with E-state index >= 15 is 0 Å². The predicted molar refractivity (Wildman–Crippen MR) is 89.4 cm³/mol. The smallest absolute Gasteiger partial charge is 0.267 e. The number of hydrogen-bond acceptors (Lipinski definition) is 4. The highest BCUT2D eigenvalue weighted by Gasteiger charge is 2.17. The number of pyridine rings is 2. The maximum absolute atomic E-state index is 12.7. The number of para-hydroxylation sites is 1. The molecule has 4 aromatic heterocycles. The number of hydrogen-bond donors (Lipinski definition) is 0. The molecule has 0 aliphatic carbocycles. The van der Waals surface area contributed by atoms with Crippen LogP contribution < -0.4 is 11.1 Å². The van der Waals surface area contributed by atoms with Crippen LogP contribution in [0.5, 0.6) is 0 Å².